The van der Waals surface area contributed by atoms with Gasteiger partial charge in [0.2, 0.25) is 5.91 Å². The molecule has 1 aliphatic rings. The topological polar surface area (TPSA) is 142 Å². The van der Waals surface area contributed by atoms with Crippen molar-refractivity contribution in [2.45, 2.75) is 102 Å². The Morgan fingerprint density at radius 3 is 2.39 bits per heavy atom. The van der Waals surface area contributed by atoms with E-state index in [0.717, 1.165) is 12.8 Å². The lowest BCUT2D eigenvalue weighted by atomic mass is 9.99. The summed E-state index contributed by atoms with van der Waals surface area (Å²) >= 11 is 0. The van der Waals surface area contributed by atoms with Gasteiger partial charge in [0.15, 0.2) is 6.29 Å². The fraction of sp³-hybridized carbons (Fsp3) is 0.773. The van der Waals surface area contributed by atoms with Crippen molar-refractivity contribution in [2.75, 3.05) is 6.61 Å². The molecule has 5 atom stereocenters. The standard InChI is InChI=1S/C22H37NO8/c1-2-3-4-5-6-7-8-9-18(25)23-12-15-10-11-16(30-15)14-29-22-21(28)20(27)19(26)17(13-24)31-22/h10-11,17,19-22,24,26-28H,2-9,12-14H2,1H3,(H,23,25)/t17-,19-,20+,21-,22+/m1/s1. The molecule has 1 saturated heterocycles. The Kier molecular flexibility index (Phi) is 11.5. The third-order valence-electron chi connectivity index (χ3n) is 5.42. The summed E-state index contributed by atoms with van der Waals surface area (Å²) in [5, 5.41) is 41.6. The predicted octanol–water partition coefficient (Wildman–Crippen LogP) is 1.35. The van der Waals surface area contributed by atoms with Crippen LogP contribution < -0.4 is 5.32 Å². The number of amides is 1. The van der Waals surface area contributed by atoms with E-state index in [4.69, 9.17) is 13.9 Å². The van der Waals surface area contributed by atoms with Gasteiger partial charge in [0.1, 0.15) is 42.5 Å². The highest BCUT2D eigenvalue weighted by molar-refractivity contribution is 5.75. The summed E-state index contributed by atoms with van der Waals surface area (Å²) in [4.78, 5) is 12.0. The monoisotopic (exact) mass is 443 g/mol. The number of hydrogen-bond acceptors (Lipinski definition) is 8. The van der Waals surface area contributed by atoms with Crippen LogP contribution in [0.2, 0.25) is 0 Å². The number of rotatable bonds is 14. The summed E-state index contributed by atoms with van der Waals surface area (Å²) in [5.41, 5.74) is 0. The molecule has 0 unspecified atom stereocenters. The first kappa shape index (κ1) is 25.8. The van der Waals surface area contributed by atoms with Gasteiger partial charge in [-0.15, -0.1) is 0 Å². The molecule has 1 amide bonds. The van der Waals surface area contributed by atoms with Gasteiger partial charge in [-0.3, -0.25) is 4.79 Å². The van der Waals surface area contributed by atoms with Crippen LogP contribution >= 0.6 is 0 Å². The number of carbonyl (C=O) groups is 1. The van der Waals surface area contributed by atoms with Crippen molar-refractivity contribution in [3.05, 3.63) is 23.7 Å². The highest BCUT2D eigenvalue weighted by Crippen LogP contribution is 2.23. The predicted molar refractivity (Wildman–Crippen MR) is 112 cm³/mol. The van der Waals surface area contributed by atoms with Crippen molar-refractivity contribution in [2.24, 2.45) is 0 Å². The number of carbonyl (C=O) groups excluding carboxylic acids is 1. The molecule has 2 heterocycles. The summed E-state index contributed by atoms with van der Waals surface area (Å²) in [7, 11) is 0. The second-order valence-electron chi connectivity index (χ2n) is 8.02. The highest BCUT2D eigenvalue weighted by Gasteiger charge is 2.44. The van der Waals surface area contributed by atoms with E-state index in [9.17, 15) is 25.2 Å². The van der Waals surface area contributed by atoms with Gasteiger partial charge >= 0.3 is 0 Å². The highest BCUT2D eigenvalue weighted by atomic mass is 16.7. The molecule has 0 aliphatic carbocycles. The number of unbranched alkanes of at least 4 members (excludes halogenated alkanes) is 6. The van der Waals surface area contributed by atoms with Crippen molar-refractivity contribution in [3.8, 4) is 0 Å². The molecule has 31 heavy (non-hydrogen) atoms. The van der Waals surface area contributed by atoms with E-state index in [0.29, 0.717) is 17.9 Å². The maximum Gasteiger partial charge on any atom is 0.220 e. The van der Waals surface area contributed by atoms with Gasteiger partial charge < -0.3 is 39.6 Å². The lowest BCUT2D eigenvalue weighted by molar-refractivity contribution is -0.304. The molecule has 1 aromatic rings. The Morgan fingerprint density at radius 2 is 1.68 bits per heavy atom. The molecule has 178 valence electrons. The number of hydrogen-bond donors (Lipinski definition) is 5. The van der Waals surface area contributed by atoms with Gasteiger partial charge in [-0.25, -0.2) is 0 Å². The van der Waals surface area contributed by atoms with Crippen molar-refractivity contribution in [1.82, 2.24) is 5.32 Å². The Morgan fingerprint density at radius 1 is 1.00 bits per heavy atom. The zero-order chi connectivity index (χ0) is 22.6. The van der Waals surface area contributed by atoms with Gasteiger partial charge in [0, 0.05) is 6.42 Å². The minimum Gasteiger partial charge on any atom is -0.462 e. The Balaban J connectivity index is 1.65. The molecule has 9 nitrogen and oxygen atoms in total. The summed E-state index contributed by atoms with van der Waals surface area (Å²) in [6.45, 7) is 1.90. The fourth-order valence-electron chi connectivity index (χ4n) is 3.48. The van der Waals surface area contributed by atoms with Crippen LogP contribution in [0.3, 0.4) is 0 Å². The van der Waals surface area contributed by atoms with Gasteiger partial charge in [-0.1, -0.05) is 45.4 Å². The van der Waals surface area contributed by atoms with Crippen LogP contribution in [-0.2, 0) is 27.4 Å². The molecule has 0 spiro atoms. The van der Waals surface area contributed by atoms with E-state index in [-0.39, 0.29) is 19.1 Å². The van der Waals surface area contributed by atoms with Crippen molar-refractivity contribution in [1.29, 1.82) is 0 Å². The van der Waals surface area contributed by atoms with Crippen molar-refractivity contribution < 1.29 is 39.1 Å². The second-order valence-corrected chi connectivity index (χ2v) is 8.02. The first-order chi connectivity index (χ1) is 15.0. The lowest BCUT2D eigenvalue weighted by Crippen LogP contribution is -2.59. The van der Waals surface area contributed by atoms with E-state index in [1.54, 1.807) is 12.1 Å². The molecule has 5 N–H and O–H groups in total. The van der Waals surface area contributed by atoms with Crippen LogP contribution in [0.4, 0.5) is 0 Å². The molecule has 2 rings (SSSR count). The number of aliphatic hydroxyl groups is 4. The van der Waals surface area contributed by atoms with Crippen LogP contribution in [0.25, 0.3) is 0 Å². The molecule has 1 fully saturated rings. The first-order valence-corrected chi connectivity index (χ1v) is 11.2. The molecular formula is C22H37NO8. The van der Waals surface area contributed by atoms with E-state index in [1.165, 1.54) is 32.1 Å². The minimum absolute atomic E-state index is 0.0101. The maximum absolute atomic E-state index is 12.0. The summed E-state index contributed by atoms with van der Waals surface area (Å²) in [6.07, 6.45) is 2.01. The second kappa shape index (κ2) is 13.8. The van der Waals surface area contributed by atoms with Gasteiger partial charge in [0.05, 0.1) is 13.2 Å². The summed E-state index contributed by atoms with van der Waals surface area (Å²) in [5.74, 6) is 1.01. The third-order valence-corrected chi connectivity index (χ3v) is 5.42. The molecule has 0 radical (unpaired) electrons. The normalized spacial score (nSPS) is 26.2. The smallest absolute Gasteiger partial charge is 0.220 e. The Hall–Kier alpha value is -1.49. The van der Waals surface area contributed by atoms with E-state index in [2.05, 4.69) is 12.2 Å². The van der Waals surface area contributed by atoms with Crippen molar-refractivity contribution >= 4 is 5.91 Å². The van der Waals surface area contributed by atoms with Crippen LogP contribution in [0, 0.1) is 0 Å². The maximum atomic E-state index is 12.0. The largest absolute Gasteiger partial charge is 0.462 e. The fourth-order valence-corrected chi connectivity index (χ4v) is 3.48. The molecule has 9 heteroatoms. The van der Waals surface area contributed by atoms with Gasteiger partial charge in [-0.05, 0) is 18.6 Å². The summed E-state index contributed by atoms with van der Waals surface area (Å²) in [6, 6.07) is 3.40. The minimum atomic E-state index is -1.49. The third kappa shape index (κ3) is 8.51. The van der Waals surface area contributed by atoms with Crippen LogP contribution in [0.1, 0.15) is 69.8 Å². The summed E-state index contributed by atoms with van der Waals surface area (Å²) < 4.78 is 16.3. The zero-order valence-electron chi connectivity index (χ0n) is 18.2. The zero-order valence-corrected chi connectivity index (χ0v) is 18.2. The number of furan rings is 1. The molecule has 1 aromatic heterocycles. The van der Waals surface area contributed by atoms with Crippen LogP contribution in [0.15, 0.2) is 16.5 Å². The average Bonchev–Trinajstić information content (AvgIpc) is 3.23. The Labute approximate surface area is 183 Å². The molecule has 1 aliphatic heterocycles. The van der Waals surface area contributed by atoms with E-state index < -0.39 is 37.3 Å². The molecule has 0 aromatic carbocycles. The molecule has 0 saturated carbocycles. The van der Waals surface area contributed by atoms with Gasteiger partial charge in [0.25, 0.3) is 0 Å². The van der Waals surface area contributed by atoms with Crippen molar-refractivity contribution in [3.63, 3.8) is 0 Å². The molecule has 0 bridgehead atoms. The van der Waals surface area contributed by atoms with E-state index >= 15 is 0 Å². The number of nitrogens with one attached hydrogen (secondary N) is 1. The SMILES string of the molecule is CCCCCCCCCC(=O)NCc1ccc(CO[C@H]2O[C@H](CO)[C@@H](O)[C@H](O)[C@H]2O)o1. The quantitative estimate of drug-likeness (QED) is 0.271. The lowest BCUT2D eigenvalue weighted by Gasteiger charge is -2.39. The number of aliphatic hydroxyl groups excluding tert-OH is 4. The van der Waals surface area contributed by atoms with Crippen LogP contribution in [-0.4, -0.2) is 63.6 Å². The first-order valence-electron chi connectivity index (χ1n) is 11.2. The van der Waals surface area contributed by atoms with Crippen LogP contribution in [0.5, 0.6) is 0 Å². The average molecular weight is 444 g/mol. The number of ether oxygens (including phenoxy) is 2. The molecular weight excluding hydrogens is 406 g/mol. The van der Waals surface area contributed by atoms with E-state index in [1.807, 2.05) is 0 Å². The van der Waals surface area contributed by atoms with Gasteiger partial charge in [-0.2, -0.15) is 0 Å². The Bertz CT molecular complexity index is 635.